The Morgan fingerprint density at radius 1 is 1.29 bits per heavy atom. The highest BCUT2D eigenvalue weighted by atomic mass is 19.1. The van der Waals surface area contributed by atoms with Crippen molar-refractivity contribution in [1.82, 2.24) is 9.88 Å². The number of pyridine rings is 1. The first-order valence-electron chi connectivity index (χ1n) is 10.1. The lowest BCUT2D eigenvalue weighted by Gasteiger charge is -2.15. The van der Waals surface area contributed by atoms with Gasteiger partial charge < -0.3 is 14.6 Å². The van der Waals surface area contributed by atoms with Crippen LogP contribution in [0.3, 0.4) is 0 Å². The molecule has 1 saturated heterocycles. The second-order valence-electron chi connectivity index (χ2n) is 7.50. The van der Waals surface area contributed by atoms with E-state index >= 15 is 0 Å². The molecule has 7 heteroatoms. The summed E-state index contributed by atoms with van der Waals surface area (Å²) in [5.74, 6) is -2.09. The van der Waals surface area contributed by atoms with Crippen molar-refractivity contribution in [1.29, 1.82) is 0 Å². The summed E-state index contributed by atoms with van der Waals surface area (Å²) in [4.78, 5) is 29.2. The maximum absolute atomic E-state index is 14.8. The number of carbonyl (C=O) groups is 1. The molecule has 0 aliphatic carbocycles. The first-order valence-corrected chi connectivity index (χ1v) is 10.1. The normalized spacial score (nSPS) is 16.0. The number of ether oxygens (including phenoxy) is 1. The third kappa shape index (κ3) is 3.83. The van der Waals surface area contributed by atoms with E-state index in [1.807, 2.05) is 6.07 Å². The number of benzene rings is 2. The Morgan fingerprint density at radius 2 is 2.10 bits per heavy atom. The van der Waals surface area contributed by atoms with Crippen LogP contribution >= 0.6 is 0 Å². The molecule has 0 bridgehead atoms. The van der Waals surface area contributed by atoms with E-state index in [9.17, 15) is 18.4 Å². The maximum Gasteiger partial charge on any atom is 0.256 e. The van der Waals surface area contributed by atoms with Crippen molar-refractivity contribution in [3.63, 3.8) is 0 Å². The lowest BCUT2D eigenvalue weighted by atomic mass is 9.98. The third-order valence-electron chi connectivity index (χ3n) is 5.63. The van der Waals surface area contributed by atoms with E-state index in [0.717, 1.165) is 18.2 Å². The van der Waals surface area contributed by atoms with Gasteiger partial charge in [-0.15, -0.1) is 0 Å². The Labute approximate surface area is 178 Å². The average Bonchev–Trinajstić information content (AvgIpc) is 3.26. The van der Waals surface area contributed by atoms with E-state index in [-0.39, 0.29) is 29.6 Å². The van der Waals surface area contributed by atoms with Crippen LogP contribution in [0, 0.1) is 11.6 Å². The monoisotopic (exact) mass is 424 g/mol. The van der Waals surface area contributed by atoms with E-state index < -0.39 is 17.4 Å². The molecule has 160 valence electrons. The van der Waals surface area contributed by atoms with Gasteiger partial charge in [-0.1, -0.05) is 18.7 Å². The first-order chi connectivity index (χ1) is 14.9. The number of nitrogens with zero attached hydrogens (tertiary/aromatic N) is 1. The van der Waals surface area contributed by atoms with Gasteiger partial charge >= 0.3 is 0 Å². The fourth-order valence-corrected chi connectivity index (χ4v) is 4.04. The van der Waals surface area contributed by atoms with Crippen LogP contribution in [-0.4, -0.2) is 35.5 Å². The summed E-state index contributed by atoms with van der Waals surface area (Å²) in [5.41, 5.74) is 1.07. The van der Waals surface area contributed by atoms with Crippen LogP contribution in [0.15, 0.2) is 53.8 Å². The number of aromatic nitrogens is 1. The number of halogens is 2. The average molecular weight is 424 g/mol. The van der Waals surface area contributed by atoms with Crippen molar-refractivity contribution in [2.75, 3.05) is 19.7 Å². The third-order valence-corrected chi connectivity index (χ3v) is 5.63. The smallest absolute Gasteiger partial charge is 0.256 e. The number of aromatic amines is 1. The lowest BCUT2D eigenvalue weighted by molar-refractivity contribution is -0.125. The molecule has 31 heavy (non-hydrogen) atoms. The summed E-state index contributed by atoms with van der Waals surface area (Å²) in [6, 6.07) is 9.40. The van der Waals surface area contributed by atoms with Crippen LogP contribution in [0.1, 0.15) is 25.0 Å². The number of amides is 1. The zero-order valence-electron chi connectivity index (χ0n) is 17.1. The van der Waals surface area contributed by atoms with Crippen LogP contribution in [0.4, 0.5) is 8.78 Å². The summed E-state index contributed by atoms with van der Waals surface area (Å²) in [5, 5.41) is 1.11. The number of likely N-dealkylation sites (tertiary alicyclic amines) is 1. The van der Waals surface area contributed by atoms with Crippen LogP contribution in [0.25, 0.3) is 21.9 Å². The molecule has 1 amide bonds. The van der Waals surface area contributed by atoms with Crippen molar-refractivity contribution < 1.29 is 18.3 Å². The molecule has 1 unspecified atom stereocenters. The highest BCUT2D eigenvalue weighted by molar-refractivity contribution is 5.88. The Morgan fingerprint density at radius 3 is 2.84 bits per heavy atom. The molecular formula is C24H22F2N2O3. The van der Waals surface area contributed by atoms with Gasteiger partial charge in [0.2, 0.25) is 5.91 Å². The summed E-state index contributed by atoms with van der Waals surface area (Å²) in [6.07, 6.45) is 2.04. The van der Waals surface area contributed by atoms with Crippen molar-refractivity contribution in [3.8, 4) is 16.9 Å². The molecule has 4 rings (SSSR count). The molecule has 1 fully saturated rings. The van der Waals surface area contributed by atoms with Gasteiger partial charge in [-0.2, -0.15) is 0 Å². The van der Waals surface area contributed by atoms with Crippen LogP contribution in [0.5, 0.6) is 5.75 Å². The van der Waals surface area contributed by atoms with E-state index in [1.165, 1.54) is 12.1 Å². The van der Waals surface area contributed by atoms with E-state index in [2.05, 4.69) is 11.6 Å². The number of nitrogens with one attached hydrogen (secondary N) is 1. The minimum Gasteiger partial charge on any atom is -0.488 e. The summed E-state index contributed by atoms with van der Waals surface area (Å²) in [6.45, 7) is 6.43. The Balaban J connectivity index is 1.71. The van der Waals surface area contributed by atoms with E-state index in [0.29, 0.717) is 29.4 Å². The quantitative estimate of drug-likeness (QED) is 0.619. The van der Waals surface area contributed by atoms with Gasteiger partial charge in [-0.3, -0.25) is 9.59 Å². The van der Waals surface area contributed by atoms with Crippen molar-refractivity contribution in [2.45, 2.75) is 19.3 Å². The molecule has 2 aromatic carbocycles. The zero-order chi connectivity index (χ0) is 22.1. The van der Waals surface area contributed by atoms with Gasteiger partial charge in [-0.25, -0.2) is 8.78 Å². The van der Waals surface area contributed by atoms with E-state index in [4.69, 9.17) is 4.74 Å². The second kappa shape index (κ2) is 8.34. The Kier molecular flexibility index (Phi) is 5.59. The molecule has 3 aromatic rings. The minimum atomic E-state index is -0.799. The van der Waals surface area contributed by atoms with Gasteiger partial charge in [0.15, 0.2) is 17.4 Å². The van der Waals surface area contributed by atoms with Crippen molar-refractivity contribution >= 4 is 16.7 Å². The van der Waals surface area contributed by atoms with Gasteiger partial charge in [0.1, 0.15) is 0 Å². The first kappa shape index (κ1) is 20.8. The number of H-pyrrole nitrogens is 1. The molecule has 1 aromatic heterocycles. The molecule has 5 nitrogen and oxygen atoms in total. The topological polar surface area (TPSA) is 62.4 Å². The van der Waals surface area contributed by atoms with Crippen molar-refractivity contribution in [2.24, 2.45) is 0 Å². The largest absolute Gasteiger partial charge is 0.488 e. The fourth-order valence-electron chi connectivity index (χ4n) is 4.04. The van der Waals surface area contributed by atoms with Crippen LogP contribution in [0.2, 0.25) is 0 Å². The molecule has 1 N–H and O–H groups in total. The van der Waals surface area contributed by atoms with Gasteiger partial charge in [0, 0.05) is 35.7 Å². The highest BCUT2D eigenvalue weighted by Gasteiger charge is 2.27. The zero-order valence-corrected chi connectivity index (χ0v) is 17.1. The minimum absolute atomic E-state index is 0.0315. The number of fused-ring (bicyclic) bond motifs is 1. The fraction of sp³-hybridized carbons (Fsp3) is 0.250. The predicted molar refractivity (Wildman–Crippen MR) is 115 cm³/mol. The number of carbonyl (C=O) groups excluding carboxylic acids is 1. The summed E-state index contributed by atoms with van der Waals surface area (Å²) >= 11 is 0. The SMILES string of the molecule is C=CC(=O)N1CCC(c2cc3ccc(-c4ccc(F)c(OCC)c4F)cc3c(=O)[nH]2)C1. The standard InChI is InChI=1S/C24H22F2N2O3/c1-3-21(29)28-10-9-16(13-28)20-12-15-6-5-14(11-18(15)24(30)27-20)17-7-8-19(25)23(22(17)26)31-4-2/h3,5-8,11-12,16H,1,4,9-10,13H2,2H3,(H,27,30). The number of rotatable bonds is 5. The molecule has 0 spiro atoms. The molecule has 1 aliphatic rings. The highest BCUT2D eigenvalue weighted by Crippen LogP contribution is 2.33. The molecular weight excluding hydrogens is 402 g/mol. The summed E-state index contributed by atoms with van der Waals surface area (Å²) < 4.78 is 33.8. The van der Waals surface area contributed by atoms with E-state index in [1.54, 1.807) is 30.0 Å². The van der Waals surface area contributed by atoms with Gasteiger partial charge in [0.05, 0.1) is 6.61 Å². The lowest BCUT2D eigenvalue weighted by Crippen LogP contribution is -2.26. The Bertz CT molecular complexity index is 1240. The second-order valence-corrected chi connectivity index (χ2v) is 7.50. The van der Waals surface area contributed by atoms with Crippen LogP contribution < -0.4 is 10.3 Å². The maximum atomic E-state index is 14.8. The predicted octanol–water partition coefficient (Wildman–Crippen LogP) is 4.37. The van der Waals surface area contributed by atoms with Gasteiger partial charge in [-0.05, 0) is 54.6 Å². The molecule has 1 atom stereocenters. The van der Waals surface area contributed by atoms with Crippen molar-refractivity contribution in [3.05, 3.63) is 76.7 Å². The van der Waals surface area contributed by atoms with Crippen LogP contribution in [-0.2, 0) is 4.79 Å². The molecule has 0 radical (unpaired) electrons. The molecule has 0 saturated carbocycles. The number of hydrogen-bond acceptors (Lipinski definition) is 3. The molecule has 2 heterocycles. The number of hydrogen-bond donors (Lipinski definition) is 1. The molecule has 1 aliphatic heterocycles. The summed E-state index contributed by atoms with van der Waals surface area (Å²) in [7, 11) is 0. The Hall–Kier alpha value is -3.48. The van der Waals surface area contributed by atoms with Gasteiger partial charge in [0.25, 0.3) is 5.56 Å².